The van der Waals surface area contributed by atoms with E-state index in [1.807, 2.05) is 20.8 Å². The molecular weight excluding hydrogens is 256 g/mol. The molecule has 0 bridgehead atoms. The summed E-state index contributed by atoms with van der Waals surface area (Å²) < 4.78 is 0. The van der Waals surface area contributed by atoms with Crippen LogP contribution in [0.1, 0.15) is 33.6 Å². The van der Waals surface area contributed by atoms with Gasteiger partial charge in [0.15, 0.2) is 0 Å². The van der Waals surface area contributed by atoms with E-state index in [-0.39, 0.29) is 17.9 Å². The van der Waals surface area contributed by atoms with Crippen LogP contribution in [0.5, 0.6) is 0 Å². The fraction of sp³-hybridized carbons (Fsp3) is 0.857. The van der Waals surface area contributed by atoms with Crippen LogP contribution in [0, 0.1) is 0 Å². The molecule has 0 spiro atoms. The van der Waals surface area contributed by atoms with Crippen molar-refractivity contribution in [2.75, 3.05) is 33.2 Å². The normalized spacial score (nSPS) is 17.8. The molecule has 0 unspecified atom stereocenters. The third kappa shape index (κ3) is 5.09. The second-order valence-corrected chi connectivity index (χ2v) is 5.85. The van der Waals surface area contributed by atoms with Crippen LogP contribution in [0.2, 0.25) is 0 Å². The molecule has 0 atom stereocenters. The summed E-state index contributed by atoms with van der Waals surface area (Å²) in [5.74, 6) is 0.0878. The van der Waals surface area contributed by atoms with Crippen LogP contribution in [0.4, 0.5) is 0 Å². The van der Waals surface area contributed by atoms with Gasteiger partial charge in [-0.2, -0.15) is 0 Å². The van der Waals surface area contributed by atoms with Crippen molar-refractivity contribution < 1.29 is 9.59 Å². The molecule has 6 nitrogen and oxygen atoms in total. The van der Waals surface area contributed by atoms with Gasteiger partial charge in [0, 0.05) is 26.2 Å². The molecule has 116 valence electrons. The molecule has 1 fully saturated rings. The van der Waals surface area contributed by atoms with E-state index in [0.717, 1.165) is 32.5 Å². The zero-order chi connectivity index (χ0) is 15.2. The zero-order valence-electron chi connectivity index (χ0n) is 13.1. The van der Waals surface area contributed by atoms with Gasteiger partial charge in [0.25, 0.3) is 0 Å². The van der Waals surface area contributed by atoms with Crippen molar-refractivity contribution in [1.82, 2.24) is 20.9 Å². The van der Waals surface area contributed by atoms with Crippen molar-refractivity contribution in [3.63, 3.8) is 0 Å². The van der Waals surface area contributed by atoms with Gasteiger partial charge in [0.2, 0.25) is 11.8 Å². The smallest absolute Gasteiger partial charge is 0.239 e. The number of piperidine rings is 1. The summed E-state index contributed by atoms with van der Waals surface area (Å²) >= 11 is 0. The van der Waals surface area contributed by atoms with Crippen molar-refractivity contribution in [2.24, 2.45) is 0 Å². The van der Waals surface area contributed by atoms with Gasteiger partial charge in [-0.15, -0.1) is 0 Å². The van der Waals surface area contributed by atoms with Gasteiger partial charge < -0.3 is 16.0 Å². The highest BCUT2D eigenvalue weighted by Gasteiger charge is 2.29. The van der Waals surface area contributed by atoms with Crippen LogP contribution in [-0.2, 0) is 9.59 Å². The molecule has 1 aliphatic heterocycles. The summed E-state index contributed by atoms with van der Waals surface area (Å²) in [7, 11) is 1.65. The van der Waals surface area contributed by atoms with E-state index < -0.39 is 5.54 Å². The molecular formula is C14H28N4O2. The highest BCUT2D eigenvalue weighted by atomic mass is 16.2. The van der Waals surface area contributed by atoms with E-state index in [1.165, 1.54) is 0 Å². The highest BCUT2D eigenvalue weighted by Crippen LogP contribution is 2.11. The first-order valence-corrected chi connectivity index (χ1v) is 7.38. The minimum Gasteiger partial charge on any atom is -0.358 e. The first-order valence-electron chi connectivity index (χ1n) is 7.38. The quantitative estimate of drug-likeness (QED) is 0.626. The fourth-order valence-corrected chi connectivity index (χ4v) is 2.41. The molecule has 0 aliphatic carbocycles. The van der Waals surface area contributed by atoms with Crippen LogP contribution >= 0.6 is 0 Å². The Hall–Kier alpha value is -1.14. The van der Waals surface area contributed by atoms with Gasteiger partial charge >= 0.3 is 0 Å². The molecule has 2 amide bonds. The third-order valence-electron chi connectivity index (χ3n) is 3.76. The minimum absolute atomic E-state index is 0.0424. The molecule has 3 N–H and O–H groups in total. The van der Waals surface area contributed by atoms with Crippen molar-refractivity contribution in [3.05, 3.63) is 0 Å². The Bertz CT molecular complexity index is 336. The van der Waals surface area contributed by atoms with Crippen molar-refractivity contribution in [2.45, 2.75) is 45.2 Å². The van der Waals surface area contributed by atoms with Crippen molar-refractivity contribution in [1.29, 1.82) is 0 Å². The minimum atomic E-state index is -0.534. The lowest BCUT2D eigenvalue weighted by atomic mass is 10.0. The number of carbonyl (C=O) groups excluding carboxylic acids is 2. The summed E-state index contributed by atoms with van der Waals surface area (Å²) in [4.78, 5) is 25.6. The molecule has 6 heteroatoms. The lowest BCUT2D eigenvalue weighted by molar-refractivity contribution is -0.128. The van der Waals surface area contributed by atoms with Crippen LogP contribution in [0.25, 0.3) is 0 Å². The van der Waals surface area contributed by atoms with Gasteiger partial charge in [-0.25, -0.2) is 0 Å². The van der Waals surface area contributed by atoms with Gasteiger partial charge in [0.1, 0.15) is 0 Å². The number of nitrogens with one attached hydrogen (secondary N) is 3. The van der Waals surface area contributed by atoms with Crippen LogP contribution in [0.15, 0.2) is 0 Å². The zero-order valence-corrected chi connectivity index (χ0v) is 13.1. The number of amides is 2. The largest absolute Gasteiger partial charge is 0.358 e. The second kappa shape index (κ2) is 7.59. The van der Waals surface area contributed by atoms with E-state index in [9.17, 15) is 9.59 Å². The lowest BCUT2D eigenvalue weighted by Gasteiger charge is -2.34. The number of likely N-dealkylation sites (tertiary alicyclic amines) is 1. The number of hydrogen-bond acceptors (Lipinski definition) is 4. The van der Waals surface area contributed by atoms with Gasteiger partial charge in [-0.05, 0) is 33.2 Å². The molecule has 1 aliphatic rings. The summed E-state index contributed by atoms with van der Waals surface area (Å²) in [6.45, 7) is 8.69. The first kappa shape index (κ1) is 16.9. The Labute approximate surface area is 121 Å². The molecule has 20 heavy (non-hydrogen) atoms. The van der Waals surface area contributed by atoms with Gasteiger partial charge in [0.05, 0.1) is 12.1 Å². The highest BCUT2D eigenvalue weighted by molar-refractivity contribution is 5.85. The number of carbonyl (C=O) groups is 2. The number of hydrogen-bond donors (Lipinski definition) is 3. The molecule has 0 saturated carbocycles. The maximum atomic E-state index is 12.2. The monoisotopic (exact) mass is 284 g/mol. The SMILES string of the molecule is CCNC(C)(C)C(=O)NC1CCN(CC(=O)NC)CC1. The topological polar surface area (TPSA) is 73.5 Å². The van der Waals surface area contributed by atoms with Crippen LogP contribution < -0.4 is 16.0 Å². The van der Waals surface area contributed by atoms with E-state index in [2.05, 4.69) is 20.9 Å². The van der Waals surface area contributed by atoms with Gasteiger partial charge in [-0.3, -0.25) is 14.5 Å². The molecule has 1 saturated heterocycles. The summed E-state index contributed by atoms with van der Waals surface area (Å²) in [6, 6.07) is 0.210. The number of likely N-dealkylation sites (N-methyl/N-ethyl adjacent to an activating group) is 2. The third-order valence-corrected chi connectivity index (χ3v) is 3.76. The van der Waals surface area contributed by atoms with Crippen molar-refractivity contribution >= 4 is 11.8 Å². The molecule has 1 rings (SSSR count). The average Bonchev–Trinajstić information content (AvgIpc) is 2.40. The van der Waals surface area contributed by atoms with E-state index in [4.69, 9.17) is 0 Å². The standard InChI is InChI=1S/C14H28N4O2/c1-5-16-14(2,3)13(20)17-11-6-8-18(9-7-11)10-12(19)15-4/h11,16H,5-10H2,1-4H3,(H,15,19)(H,17,20). The Morgan fingerprint density at radius 3 is 2.35 bits per heavy atom. The van der Waals surface area contributed by atoms with Crippen LogP contribution in [-0.4, -0.2) is 61.5 Å². The number of rotatable bonds is 6. The van der Waals surface area contributed by atoms with Gasteiger partial charge in [-0.1, -0.05) is 6.92 Å². The number of nitrogens with zero attached hydrogens (tertiary/aromatic N) is 1. The lowest BCUT2D eigenvalue weighted by Crippen LogP contribution is -2.56. The Kier molecular flexibility index (Phi) is 6.42. The molecule has 1 heterocycles. The average molecular weight is 284 g/mol. The predicted molar refractivity (Wildman–Crippen MR) is 79.4 cm³/mol. The van der Waals surface area contributed by atoms with Crippen molar-refractivity contribution in [3.8, 4) is 0 Å². The Morgan fingerprint density at radius 2 is 1.85 bits per heavy atom. The fourth-order valence-electron chi connectivity index (χ4n) is 2.41. The molecule has 0 aromatic heterocycles. The van der Waals surface area contributed by atoms with Crippen LogP contribution in [0.3, 0.4) is 0 Å². The molecule has 0 aromatic carbocycles. The Morgan fingerprint density at radius 1 is 1.25 bits per heavy atom. The summed E-state index contributed by atoms with van der Waals surface area (Å²) in [5, 5.41) is 8.91. The predicted octanol–water partition coefficient (Wildman–Crippen LogP) is -0.299. The van der Waals surface area contributed by atoms with E-state index in [1.54, 1.807) is 7.05 Å². The maximum Gasteiger partial charge on any atom is 0.239 e. The van der Waals surface area contributed by atoms with E-state index in [0.29, 0.717) is 6.54 Å². The summed E-state index contributed by atoms with van der Waals surface area (Å²) in [6.07, 6.45) is 1.79. The molecule has 0 radical (unpaired) electrons. The second-order valence-electron chi connectivity index (χ2n) is 5.85. The first-order chi connectivity index (χ1) is 9.39. The maximum absolute atomic E-state index is 12.2. The molecule has 0 aromatic rings. The summed E-state index contributed by atoms with van der Waals surface area (Å²) in [5.41, 5.74) is -0.534. The van der Waals surface area contributed by atoms with E-state index >= 15 is 0 Å². The Balaban J connectivity index is 2.35.